The topological polar surface area (TPSA) is 79.5 Å². The summed E-state index contributed by atoms with van der Waals surface area (Å²) < 4.78 is 40.0. The van der Waals surface area contributed by atoms with Crippen LogP contribution in [0.4, 0.5) is 14.5 Å². The molecule has 1 aliphatic carbocycles. The number of nitrogens with zero attached hydrogens (tertiary/aromatic N) is 2. The second-order valence-corrected chi connectivity index (χ2v) is 8.94. The molecule has 1 amide bonds. The molecule has 1 saturated carbocycles. The van der Waals surface area contributed by atoms with Crippen LogP contribution in [0.1, 0.15) is 28.9 Å². The van der Waals surface area contributed by atoms with Crippen molar-refractivity contribution in [3.05, 3.63) is 17.3 Å². The minimum atomic E-state index is -3.34. The third-order valence-electron chi connectivity index (χ3n) is 6.12. The van der Waals surface area contributed by atoms with Crippen LogP contribution < -0.4 is 15.0 Å². The fraction of sp³-hybridized carbons (Fsp3) is 0.556. The zero-order valence-electron chi connectivity index (χ0n) is 14.8. The Morgan fingerprint density at radius 1 is 1.32 bits per heavy atom. The molecule has 0 radical (unpaired) electrons. The number of alkyl halides is 2. The maximum absolute atomic E-state index is 14.4. The summed E-state index contributed by atoms with van der Waals surface area (Å²) in [6.45, 7) is -0.305. The van der Waals surface area contributed by atoms with Gasteiger partial charge in [-0.25, -0.2) is 0 Å². The minimum Gasteiger partial charge on any atom is -0.427 e. The summed E-state index contributed by atoms with van der Waals surface area (Å²) in [5.41, 5.74) is 1.07. The molecule has 6 rings (SSSR count). The van der Waals surface area contributed by atoms with Gasteiger partial charge >= 0.3 is 6.11 Å². The molecule has 28 heavy (non-hydrogen) atoms. The van der Waals surface area contributed by atoms with Gasteiger partial charge in [0, 0.05) is 18.3 Å². The van der Waals surface area contributed by atoms with Crippen LogP contribution >= 0.6 is 11.3 Å². The van der Waals surface area contributed by atoms with Crippen LogP contribution in [0.15, 0.2) is 12.4 Å². The highest BCUT2D eigenvalue weighted by Gasteiger charge is 2.50. The summed E-state index contributed by atoms with van der Waals surface area (Å²) in [5.74, 6) is 0.181. The maximum Gasteiger partial charge on any atom is 0.416 e. The van der Waals surface area contributed by atoms with Crippen molar-refractivity contribution in [3.8, 4) is 16.2 Å². The van der Waals surface area contributed by atoms with Gasteiger partial charge in [-0.15, -0.1) is 11.3 Å². The molecule has 2 aromatic rings. The molecule has 10 heteroatoms. The average molecular weight is 408 g/mol. The molecule has 5 heterocycles. The van der Waals surface area contributed by atoms with Gasteiger partial charge in [-0.2, -0.15) is 13.9 Å². The van der Waals surface area contributed by atoms with Gasteiger partial charge in [0.25, 0.3) is 5.91 Å². The van der Waals surface area contributed by atoms with Gasteiger partial charge < -0.3 is 19.7 Å². The van der Waals surface area contributed by atoms with E-state index in [0.717, 1.165) is 30.6 Å². The van der Waals surface area contributed by atoms with Crippen molar-refractivity contribution in [2.75, 3.05) is 18.0 Å². The largest absolute Gasteiger partial charge is 0.427 e. The van der Waals surface area contributed by atoms with E-state index < -0.39 is 12.7 Å². The molecule has 2 aromatic heterocycles. The molecule has 0 spiro atoms. The van der Waals surface area contributed by atoms with Gasteiger partial charge in [0.2, 0.25) is 0 Å². The van der Waals surface area contributed by atoms with Gasteiger partial charge in [0.1, 0.15) is 17.1 Å². The SMILES string of the molecule is O=C1N[C@@H]([C@H]2O[C@H]3CC[C@@H]2C3)CN2CC(F)(F)Oc3c(-c4cn[nH]c4)sc1c32. The Labute approximate surface area is 163 Å². The number of hydrogen-bond donors (Lipinski definition) is 2. The van der Waals surface area contributed by atoms with Crippen LogP contribution in [0, 0.1) is 5.92 Å². The van der Waals surface area contributed by atoms with E-state index >= 15 is 0 Å². The van der Waals surface area contributed by atoms with Crippen molar-refractivity contribution >= 4 is 22.9 Å². The molecule has 3 aliphatic heterocycles. The Morgan fingerprint density at radius 2 is 2.21 bits per heavy atom. The Morgan fingerprint density at radius 3 is 2.93 bits per heavy atom. The summed E-state index contributed by atoms with van der Waals surface area (Å²) in [4.78, 5) is 15.5. The molecule has 1 saturated heterocycles. The first kappa shape index (κ1) is 16.7. The second kappa shape index (κ2) is 5.66. The molecular formula is C18H18F2N4O3S. The number of thiophene rings is 1. The van der Waals surface area contributed by atoms with E-state index in [-0.39, 0.29) is 36.5 Å². The number of nitrogens with one attached hydrogen (secondary N) is 2. The van der Waals surface area contributed by atoms with Crippen LogP contribution in [0.25, 0.3) is 10.4 Å². The molecule has 2 fully saturated rings. The van der Waals surface area contributed by atoms with Crippen molar-refractivity contribution in [3.63, 3.8) is 0 Å². The number of ether oxygens (including phenoxy) is 2. The fourth-order valence-corrected chi connectivity index (χ4v) is 6.14. The van der Waals surface area contributed by atoms with Gasteiger partial charge in [0.15, 0.2) is 5.75 Å². The lowest BCUT2D eigenvalue weighted by atomic mass is 9.95. The van der Waals surface area contributed by atoms with Crippen molar-refractivity contribution < 1.29 is 23.0 Å². The third-order valence-corrected chi connectivity index (χ3v) is 7.33. The molecule has 4 atom stereocenters. The summed E-state index contributed by atoms with van der Waals surface area (Å²) >= 11 is 1.16. The van der Waals surface area contributed by atoms with Gasteiger partial charge in [-0.1, -0.05) is 0 Å². The van der Waals surface area contributed by atoms with E-state index in [1.54, 1.807) is 11.1 Å². The van der Waals surface area contributed by atoms with Crippen LogP contribution in [0.2, 0.25) is 0 Å². The molecule has 2 N–H and O–H groups in total. The number of rotatable bonds is 2. The van der Waals surface area contributed by atoms with E-state index in [4.69, 9.17) is 9.47 Å². The van der Waals surface area contributed by atoms with Crippen LogP contribution in [-0.2, 0) is 4.74 Å². The van der Waals surface area contributed by atoms with E-state index in [0.29, 0.717) is 26.9 Å². The smallest absolute Gasteiger partial charge is 0.416 e. The normalized spacial score (nSPS) is 32.6. The van der Waals surface area contributed by atoms with Crippen molar-refractivity contribution in [1.29, 1.82) is 0 Å². The number of carbonyl (C=O) groups is 1. The van der Waals surface area contributed by atoms with E-state index in [2.05, 4.69) is 15.5 Å². The number of carbonyl (C=O) groups excluding carboxylic acids is 1. The quantitative estimate of drug-likeness (QED) is 0.799. The fourth-order valence-electron chi connectivity index (χ4n) is 5.00. The Hall–Kier alpha value is -2.20. The number of H-pyrrole nitrogens is 1. The molecule has 4 aliphatic rings. The number of halogens is 2. The van der Waals surface area contributed by atoms with Crippen molar-refractivity contribution in [1.82, 2.24) is 15.5 Å². The zero-order chi connectivity index (χ0) is 19.0. The number of aromatic amines is 1. The first-order valence-electron chi connectivity index (χ1n) is 9.42. The minimum absolute atomic E-state index is 0.0577. The summed E-state index contributed by atoms with van der Waals surface area (Å²) in [6, 6.07) is -0.318. The van der Waals surface area contributed by atoms with Gasteiger partial charge in [0.05, 0.1) is 29.3 Å². The summed E-state index contributed by atoms with van der Waals surface area (Å²) in [5, 5.41) is 9.61. The number of amides is 1. The molecule has 148 valence electrons. The lowest BCUT2D eigenvalue weighted by Gasteiger charge is -2.37. The van der Waals surface area contributed by atoms with Crippen LogP contribution in [-0.4, -0.2) is 53.6 Å². The highest BCUT2D eigenvalue weighted by molar-refractivity contribution is 7.18. The summed E-state index contributed by atoms with van der Waals surface area (Å²) in [6.07, 6.45) is 3.02. The summed E-state index contributed by atoms with van der Waals surface area (Å²) in [7, 11) is 0. The van der Waals surface area contributed by atoms with E-state index in [1.807, 2.05) is 0 Å². The molecule has 0 aromatic carbocycles. The average Bonchev–Trinajstić information content (AvgIpc) is 3.41. The Bertz CT molecular complexity index is 947. The van der Waals surface area contributed by atoms with Gasteiger partial charge in [-0.3, -0.25) is 9.89 Å². The number of hydrogen-bond acceptors (Lipinski definition) is 6. The molecule has 0 unspecified atom stereocenters. The van der Waals surface area contributed by atoms with Crippen LogP contribution in [0.5, 0.6) is 5.75 Å². The first-order chi connectivity index (χ1) is 13.5. The first-order valence-corrected chi connectivity index (χ1v) is 10.2. The van der Waals surface area contributed by atoms with Crippen molar-refractivity contribution in [2.45, 2.75) is 43.6 Å². The predicted molar refractivity (Wildman–Crippen MR) is 96.9 cm³/mol. The Balaban J connectivity index is 1.42. The number of anilines is 1. The van der Waals surface area contributed by atoms with Gasteiger partial charge in [-0.05, 0) is 25.2 Å². The highest BCUT2D eigenvalue weighted by Crippen LogP contribution is 2.53. The van der Waals surface area contributed by atoms with E-state index in [1.165, 1.54) is 6.20 Å². The zero-order valence-corrected chi connectivity index (χ0v) is 15.6. The highest BCUT2D eigenvalue weighted by atomic mass is 32.1. The third kappa shape index (κ3) is 2.40. The molecule has 2 bridgehead atoms. The monoisotopic (exact) mass is 408 g/mol. The second-order valence-electron chi connectivity index (χ2n) is 7.92. The number of fused-ring (bicyclic) bond motifs is 2. The predicted octanol–water partition coefficient (Wildman–Crippen LogP) is 2.61. The lowest BCUT2D eigenvalue weighted by Crippen LogP contribution is -2.54. The lowest BCUT2D eigenvalue weighted by molar-refractivity contribution is -0.171. The Kier molecular flexibility index (Phi) is 3.38. The van der Waals surface area contributed by atoms with E-state index in [9.17, 15) is 13.6 Å². The molecular weight excluding hydrogens is 390 g/mol. The maximum atomic E-state index is 14.4. The van der Waals surface area contributed by atoms with Crippen molar-refractivity contribution in [2.24, 2.45) is 5.92 Å². The molecule has 7 nitrogen and oxygen atoms in total. The van der Waals surface area contributed by atoms with Crippen LogP contribution in [0.3, 0.4) is 0 Å². The standard InChI is InChI=1S/C18H18F2N4O3S/c19-18(20)7-24-6-11(13-8-1-2-10(3-8)26-13)23-17(25)16-12(24)14(27-18)15(28-16)9-4-21-22-5-9/h4-5,8,10-11,13H,1-3,6-7H2,(H,21,22)(H,23,25)/t8-,10+,11-,13+/m1/s1. The number of aromatic nitrogens is 2.